The Bertz CT molecular complexity index is 679. The largest absolute Gasteiger partial charge is 0.442 e. The molecule has 0 N–H and O–H groups in total. The molecule has 0 amide bonds. The predicted molar refractivity (Wildman–Crippen MR) is 92.8 cm³/mol. The Morgan fingerprint density at radius 2 is 1.92 bits per heavy atom. The third kappa shape index (κ3) is 4.10. The van der Waals surface area contributed by atoms with Crippen molar-refractivity contribution >= 4 is 0 Å². The minimum Gasteiger partial charge on any atom is -0.442 e. The molecule has 1 unspecified atom stereocenters. The van der Waals surface area contributed by atoms with Crippen molar-refractivity contribution in [3.8, 4) is 0 Å². The summed E-state index contributed by atoms with van der Waals surface area (Å²) in [6, 6.07) is 7.19. The van der Waals surface area contributed by atoms with Gasteiger partial charge in [-0.3, -0.25) is 4.90 Å². The maximum absolute atomic E-state index is 13.0. The van der Waals surface area contributed by atoms with Gasteiger partial charge in [0.05, 0.1) is 12.8 Å². The summed E-state index contributed by atoms with van der Waals surface area (Å²) in [5.74, 6) is 1.23. The second kappa shape index (κ2) is 7.67. The molecule has 0 spiro atoms. The van der Waals surface area contributed by atoms with E-state index in [0.29, 0.717) is 18.4 Å². The number of nitrogens with zero attached hydrogens (tertiary/aromatic N) is 2. The first kappa shape index (κ1) is 16.7. The van der Waals surface area contributed by atoms with Crippen molar-refractivity contribution in [2.45, 2.75) is 50.7 Å². The molecule has 2 fully saturated rings. The SMILES string of the molecule is Fc1ccc(Cc2cnc(C3CN(C4CCCCC4)CCO3)o2)cc1. The van der Waals surface area contributed by atoms with Crippen LogP contribution in [0, 0.1) is 5.82 Å². The third-order valence-electron chi connectivity index (χ3n) is 5.33. The summed E-state index contributed by atoms with van der Waals surface area (Å²) in [4.78, 5) is 6.99. The molecule has 0 bridgehead atoms. The minimum atomic E-state index is -0.222. The van der Waals surface area contributed by atoms with Gasteiger partial charge in [-0.05, 0) is 30.5 Å². The smallest absolute Gasteiger partial charge is 0.224 e. The Hall–Kier alpha value is -1.72. The fourth-order valence-electron chi connectivity index (χ4n) is 3.95. The van der Waals surface area contributed by atoms with E-state index in [0.717, 1.165) is 31.0 Å². The van der Waals surface area contributed by atoms with Gasteiger partial charge >= 0.3 is 0 Å². The second-order valence-electron chi connectivity index (χ2n) is 7.11. The summed E-state index contributed by atoms with van der Waals surface area (Å²) in [6.45, 7) is 2.60. The lowest BCUT2D eigenvalue weighted by atomic mass is 9.93. The number of hydrogen-bond acceptors (Lipinski definition) is 4. The van der Waals surface area contributed by atoms with Crippen molar-refractivity contribution < 1.29 is 13.5 Å². The molecule has 1 aliphatic heterocycles. The van der Waals surface area contributed by atoms with E-state index in [1.54, 1.807) is 18.3 Å². The van der Waals surface area contributed by atoms with Crippen LogP contribution in [0.25, 0.3) is 0 Å². The van der Waals surface area contributed by atoms with Crippen LogP contribution in [0.2, 0.25) is 0 Å². The zero-order valence-corrected chi connectivity index (χ0v) is 14.5. The van der Waals surface area contributed by atoms with Gasteiger partial charge in [-0.1, -0.05) is 31.4 Å². The topological polar surface area (TPSA) is 38.5 Å². The van der Waals surface area contributed by atoms with Crippen LogP contribution >= 0.6 is 0 Å². The molecule has 2 heterocycles. The highest BCUT2D eigenvalue weighted by Gasteiger charge is 2.30. The first-order chi connectivity index (χ1) is 12.3. The number of oxazole rings is 1. The highest BCUT2D eigenvalue weighted by molar-refractivity contribution is 5.20. The molecule has 4 nitrogen and oxygen atoms in total. The molecule has 5 heteroatoms. The Balaban J connectivity index is 1.39. The molecule has 2 aromatic rings. The molecule has 1 saturated heterocycles. The number of morpholine rings is 1. The fourth-order valence-corrected chi connectivity index (χ4v) is 3.95. The first-order valence-electron chi connectivity index (χ1n) is 9.32. The van der Waals surface area contributed by atoms with Crippen molar-refractivity contribution in [2.75, 3.05) is 19.7 Å². The number of hydrogen-bond donors (Lipinski definition) is 0. The first-order valence-corrected chi connectivity index (χ1v) is 9.32. The van der Waals surface area contributed by atoms with Gasteiger partial charge in [0, 0.05) is 25.6 Å². The van der Waals surface area contributed by atoms with E-state index in [2.05, 4.69) is 9.88 Å². The summed E-state index contributed by atoms with van der Waals surface area (Å²) in [5, 5.41) is 0. The molecule has 1 saturated carbocycles. The van der Waals surface area contributed by atoms with Crippen molar-refractivity contribution in [1.82, 2.24) is 9.88 Å². The lowest BCUT2D eigenvalue weighted by Crippen LogP contribution is -2.45. The average molecular weight is 344 g/mol. The normalized spacial score (nSPS) is 23.0. The van der Waals surface area contributed by atoms with E-state index in [4.69, 9.17) is 9.15 Å². The zero-order valence-electron chi connectivity index (χ0n) is 14.5. The number of ether oxygens (including phenoxy) is 1. The number of rotatable bonds is 4. The maximum Gasteiger partial charge on any atom is 0.224 e. The molecular formula is C20H25FN2O2. The molecule has 1 aromatic heterocycles. The lowest BCUT2D eigenvalue weighted by Gasteiger charge is -2.39. The molecule has 2 aliphatic rings. The molecular weight excluding hydrogens is 319 g/mol. The summed E-state index contributed by atoms with van der Waals surface area (Å²) in [5.41, 5.74) is 1.01. The van der Waals surface area contributed by atoms with Crippen molar-refractivity contribution in [3.05, 3.63) is 53.5 Å². The van der Waals surface area contributed by atoms with Crippen LogP contribution in [-0.4, -0.2) is 35.6 Å². The van der Waals surface area contributed by atoms with Gasteiger partial charge in [-0.15, -0.1) is 0 Å². The molecule has 0 radical (unpaired) electrons. The fraction of sp³-hybridized carbons (Fsp3) is 0.550. The van der Waals surface area contributed by atoms with Gasteiger partial charge in [0.2, 0.25) is 5.89 Å². The predicted octanol–water partition coefficient (Wildman–Crippen LogP) is 4.11. The van der Waals surface area contributed by atoms with Crippen LogP contribution in [0.3, 0.4) is 0 Å². The van der Waals surface area contributed by atoms with E-state index >= 15 is 0 Å². The summed E-state index contributed by atoms with van der Waals surface area (Å²) >= 11 is 0. The van der Waals surface area contributed by atoms with Gasteiger partial charge in [0.15, 0.2) is 0 Å². The molecule has 134 valence electrons. The Morgan fingerprint density at radius 1 is 1.12 bits per heavy atom. The standard InChI is InChI=1S/C20H25FN2O2/c21-16-8-6-15(7-9-16)12-18-13-22-20(25-18)19-14-23(10-11-24-19)17-4-2-1-3-5-17/h6-9,13,17,19H,1-5,10-12,14H2. The van der Waals surface area contributed by atoms with Crippen molar-refractivity contribution in [2.24, 2.45) is 0 Å². The van der Waals surface area contributed by atoms with Gasteiger partial charge in [-0.25, -0.2) is 9.37 Å². The molecule has 4 rings (SSSR count). The summed E-state index contributed by atoms with van der Waals surface area (Å²) in [6.07, 6.45) is 8.95. The average Bonchev–Trinajstić information content (AvgIpc) is 3.13. The van der Waals surface area contributed by atoms with Crippen LogP contribution in [0.1, 0.15) is 55.4 Å². The maximum atomic E-state index is 13.0. The molecule has 1 aromatic carbocycles. The minimum absolute atomic E-state index is 0.0855. The van der Waals surface area contributed by atoms with E-state index in [1.807, 2.05) is 0 Å². The molecule has 25 heavy (non-hydrogen) atoms. The zero-order chi connectivity index (χ0) is 17.1. The van der Waals surface area contributed by atoms with Crippen LogP contribution in [-0.2, 0) is 11.2 Å². The van der Waals surface area contributed by atoms with E-state index < -0.39 is 0 Å². The highest BCUT2D eigenvalue weighted by Crippen LogP contribution is 2.29. The van der Waals surface area contributed by atoms with E-state index in [1.165, 1.54) is 44.2 Å². The Labute approximate surface area is 148 Å². The number of aromatic nitrogens is 1. The van der Waals surface area contributed by atoms with E-state index in [9.17, 15) is 4.39 Å². The highest BCUT2D eigenvalue weighted by atomic mass is 19.1. The molecule has 1 aliphatic carbocycles. The number of benzene rings is 1. The third-order valence-corrected chi connectivity index (χ3v) is 5.33. The monoisotopic (exact) mass is 344 g/mol. The van der Waals surface area contributed by atoms with Gasteiger partial charge in [0.25, 0.3) is 0 Å². The van der Waals surface area contributed by atoms with Crippen LogP contribution in [0.4, 0.5) is 4.39 Å². The van der Waals surface area contributed by atoms with Crippen LogP contribution in [0.5, 0.6) is 0 Å². The van der Waals surface area contributed by atoms with Gasteiger partial charge in [-0.2, -0.15) is 0 Å². The quantitative estimate of drug-likeness (QED) is 0.837. The van der Waals surface area contributed by atoms with Crippen molar-refractivity contribution in [1.29, 1.82) is 0 Å². The van der Waals surface area contributed by atoms with Crippen LogP contribution < -0.4 is 0 Å². The van der Waals surface area contributed by atoms with Crippen molar-refractivity contribution in [3.63, 3.8) is 0 Å². The van der Waals surface area contributed by atoms with Crippen LogP contribution in [0.15, 0.2) is 34.9 Å². The lowest BCUT2D eigenvalue weighted by molar-refractivity contribution is -0.0609. The van der Waals surface area contributed by atoms with E-state index in [-0.39, 0.29) is 11.9 Å². The Kier molecular flexibility index (Phi) is 5.13. The second-order valence-corrected chi connectivity index (χ2v) is 7.11. The molecule has 1 atom stereocenters. The number of halogens is 1. The summed E-state index contributed by atoms with van der Waals surface area (Å²) in [7, 11) is 0. The summed E-state index contributed by atoms with van der Waals surface area (Å²) < 4.78 is 24.9. The van der Waals surface area contributed by atoms with Gasteiger partial charge < -0.3 is 9.15 Å². The van der Waals surface area contributed by atoms with Gasteiger partial charge in [0.1, 0.15) is 17.7 Å². The Morgan fingerprint density at radius 3 is 2.72 bits per heavy atom.